The first-order valence-corrected chi connectivity index (χ1v) is 18.9. The molecule has 5 nitrogen and oxygen atoms in total. The van der Waals surface area contributed by atoms with Crippen LogP contribution in [-0.2, 0) is 0 Å². The second-order valence-corrected chi connectivity index (χ2v) is 14.0. The molecule has 10 rings (SSSR count). The average Bonchev–Trinajstić information content (AvgIpc) is 3.29. The van der Waals surface area contributed by atoms with E-state index in [-0.39, 0.29) is 0 Å². The maximum Gasteiger partial charge on any atom is 0.164 e. The molecule has 2 heterocycles. The number of rotatable bonds is 7. The number of hydrogen-bond donors (Lipinski definition) is 0. The summed E-state index contributed by atoms with van der Waals surface area (Å²) < 4.78 is 0. The highest BCUT2D eigenvalue weighted by Gasteiger charge is 2.16. The van der Waals surface area contributed by atoms with Gasteiger partial charge in [0.25, 0.3) is 0 Å². The number of aliphatic imine (C=N–C) groups is 2. The lowest BCUT2D eigenvalue weighted by atomic mass is 9.90. The van der Waals surface area contributed by atoms with Crippen molar-refractivity contribution in [3.8, 4) is 67.5 Å². The predicted molar refractivity (Wildman–Crippen MR) is 232 cm³/mol. The summed E-state index contributed by atoms with van der Waals surface area (Å²) in [6.45, 7) is 0.766. The molecule has 1 aliphatic heterocycles. The molecule has 264 valence electrons. The molecule has 0 fully saturated rings. The SMILES string of the molecule is C1=NC(c2ccc(-c3cc(-c4cccc(-c5cc6ccccc6c6ccccc56)c4)cc(-c4nc(-c5ccccc5)nc(-c5ccccc5)n4)c3)cc2)=NCC1. The zero-order valence-electron chi connectivity index (χ0n) is 30.5. The molecule has 0 aliphatic carbocycles. The van der Waals surface area contributed by atoms with Gasteiger partial charge in [0.05, 0.1) is 0 Å². The summed E-state index contributed by atoms with van der Waals surface area (Å²) in [6, 6.07) is 63.9. The molecule has 9 aromatic rings. The minimum Gasteiger partial charge on any atom is -0.266 e. The summed E-state index contributed by atoms with van der Waals surface area (Å²) in [5, 5.41) is 4.97. The molecular formula is C51H35N5. The fourth-order valence-corrected chi connectivity index (χ4v) is 7.58. The largest absolute Gasteiger partial charge is 0.266 e. The van der Waals surface area contributed by atoms with Gasteiger partial charge < -0.3 is 0 Å². The lowest BCUT2D eigenvalue weighted by Crippen LogP contribution is -2.04. The summed E-state index contributed by atoms with van der Waals surface area (Å²) >= 11 is 0. The second-order valence-electron chi connectivity index (χ2n) is 14.0. The van der Waals surface area contributed by atoms with Crippen LogP contribution in [0.4, 0.5) is 0 Å². The topological polar surface area (TPSA) is 63.4 Å². The molecule has 0 saturated heterocycles. The molecule has 0 atom stereocenters. The van der Waals surface area contributed by atoms with Crippen molar-refractivity contribution in [2.75, 3.05) is 6.54 Å². The van der Waals surface area contributed by atoms with Crippen LogP contribution in [0.25, 0.3) is 89.1 Å². The van der Waals surface area contributed by atoms with Crippen molar-refractivity contribution in [1.82, 2.24) is 15.0 Å². The Labute approximate surface area is 325 Å². The van der Waals surface area contributed by atoms with Crippen molar-refractivity contribution in [2.45, 2.75) is 6.42 Å². The molecule has 5 heteroatoms. The third-order valence-electron chi connectivity index (χ3n) is 10.4. The molecule has 8 aromatic carbocycles. The Morgan fingerprint density at radius 1 is 0.339 bits per heavy atom. The molecular weight excluding hydrogens is 683 g/mol. The lowest BCUT2D eigenvalue weighted by Gasteiger charge is -2.14. The summed E-state index contributed by atoms with van der Waals surface area (Å²) in [7, 11) is 0. The predicted octanol–water partition coefficient (Wildman–Crippen LogP) is 12.4. The molecule has 56 heavy (non-hydrogen) atoms. The van der Waals surface area contributed by atoms with Gasteiger partial charge in [-0.05, 0) is 85.3 Å². The summed E-state index contributed by atoms with van der Waals surface area (Å²) in [6.07, 6.45) is 2.83. The molecule has 1 aromatic heterocycles. The number of benzene rings is 8. The van der Waals surface area contributed by atoms with Crippen LogP contribution >= 0.6 is 0 Å². The van der Waals surface area contributed by atoms with Gasteiger partial charge in [-0.2, -0.15) is 0 Å². The van der Waals surface area contributed by atoms with E-state index in [9.17, 15) is 0 Å². The van der Waals surface area contributed by atoms with Gasteiger partial charge in [0.2, 0.25) is 0 Å². The first-order chi connectivity index (χ1) is 27.7. The van der Waals surface area contributed by atoms with Gasteiger partial charge in [-0.1, -0.05) is 152 Å². The molecule has 0 spiro atoms. The molecule has 1 aliphatic rings. The highest BCUT2D eigenvalue weighted by Crippen LogP contribution is 2.38. The fourth-order valence-electron chi connectivity index (χ4n) is 7.58. The minimum absolute atomic E-state index is 0.611. The Morgan fingerprint density at radius 2 is 0.857 bits per heavy atom. The Morgan fingerprint density at radius 3 is 1.54 bits per heavy atom. The van der Waals surface area contributed by atoms with Crippen molar-refractivity contribution >= 4 is 33.6 Å². The van der Waals surface area contributed by atoms with E-state index in [4.69, 9.17) is 15.0 Å². The molecule has 0 radical (unpaired) electrons. The van der Waals surface area contributed by atoms with Gasteiger partial charge >= 0.3 is 0 Å². The molecule has 0 N–H and O–H groups in total. The third kappa shape index (κ3) is 6.46. The second kappa shape index (κ2) is 14.5. The number of amidine groups is 1. The van der Waals surface area contributed by atoms with Crippen molar-refractivity contribution in [3.63, 3.8) is 0 Å². The van der Waals surface area contributed by atoms with E-state index < -0.39 is 0 Å². The molecule has 0 amide bonds. The van der Waals surface area contributed by atoms with E-state index in [0.717, 1.165) is 68.9 Å². The summed E-state index contributed by atoms with van der Waals surface area (Å²) in [5.74, 6) is 2.65. The quantitative estimate of drug-likeness (QED) is 0.154. The van der Waals surface area contributed by atoms with Gasteiger partial charge in [-0.15, -0.1) is 0 Å². The Kier molecular flexibility index (Phi) is 8.58. The van der Waals surface area contributed by atoms with Crippen molar-refractivity contribution in [2.24, 2.45) is 9.98 Å². The van der Waals surface area contributed by atoms with Crippen LogP contribution in [0.2, 0.25) is 0 Å². The highest BCUT2D eigenvalue weighted by atomic mass is 15.0. The van der Waals surface area contributed by atoms with Crippen LogP contribution in [-0.4, -0.2) is 33.5 Å². The van der Waals surface area contributed by atoms with Crippen LogP contribution in [0.5, 0.6) is 0 Å². The Bertz CT molecular complexity index is 2890. The zero-order valence-corrected chi connectivity index (χ0v) is 30.5. The van der Waals surface area contributed by atoms with Gasteiger partial charge in [0.15, 0.2) is 23.3 Å². The van der Waals surface area contributed by atoms with E-state index >= 15 is 0 Å². The number of hydrogen-bond acceptors (Lipinski definition) is 5. The fraction of sp³-hybridized carbons (Fsp3) is 0.0392. The smallest absolute Gasteiger partial charge is 0.164 e. The van der Waals surface area contributed by atoms with Crippen molar-refractivity contribution in [3.05, 3.63) is 188 Å². The third-order valence-corrected chi connectivity index (χ3v) is 10.4. The maximum atomic E-state index is 5.12. The standard InChI is InChI=1S/C51H35N5/c1-3-13-35(14-4-1)49-54-50(36-15-5-2-6-16-36)56-51(55-49)43-31-41(34-23-25-37(26-24-34)48-52-27-12-28-53-48)30-42(32-43)38-18-11-19-39(29-38)47-33-40-17-7-8-20-44(40)45-21-9-10-22-46(45)47/h1-11,13-27,29-33H,12,28H2. The van der Waals surface area contributed by atoms with Crippen LogP contribution in [0.15, 0.2) is 192 Å². The number of aromatic nitrogens is 3. The normalized spacial score (nSPS) is 12.5. The van der Waals surface area contributed by atoms with Crippen LogP contribution in [0, 0.1) is 0 Å². The highest BCUT2D eigenvalue weighted by molar-refractivity contribution is 6.14. The molecule has 0 unspecified atom stereocenters. The van der Waals surface area contributed by atoms with Crippen LogP contribution in [0.3, 0.4) is 0 Å². The monoisotopic (exact) mass is 717 g/mol. The van der Waals surface area contributed by atoms with E-state index in [1.54, 1.807) is 0 Å². The van der Waals surface area contributed by atoms with Gasteiger partial charge in [0, 0.05) is 41.4 Å². The summed E-state index contributed by atoms with van der Waals surface area (Å²) in [5.41, 5.74) is 10.5. The zero-order chi connectivity index (χ0) is 37.3. The van der Waals surface area contributed by atoms with Crippen LogP contribution < -0.4 is 0 Å². The number of fused-ring (bicyclic) bond motifs is 3. The van der Waals surface area contributed by atoms with Crippen molar-refractivity contribution < 1.29 is 0 Å². The lowest BCUT2D eigenvalue weighted by molar-refractivity contribution is 1.03. The summed E-state index contributed by atoms with van der Waals surface area (Å²) in [4.78, 5) is 24.4. The average molecular weight is 718 g/mol. The van der Waals surface area contributed by atoms with Gasteiger partial charge in [-0.3, -0.25) is 4.99 Å². The number of nitrogens with zero attached hydrogens (tertiary/aromatic N) is 5. The van der Waals surface area contributed by atoms with Gasteiger partial charge in [0.1, 0.15) is 0 Å². The van der Waals surface area contributed by atoms with E-state index in [0.29, 0.717) is 17.5 Å². The van der Waals surface area contributed by atoms with E-state index in [1.165, 1.54) is 27.1 Å². The maximum absolute atomic E-state index is 5.12. The molecule has 0 saturated carbocycles. The van der Waals surface area contributed by atoms with Crippen LogP contribution in [0.1, 0.15) is 12.0 Å². The first-order valence-electron chi connectivity index (χ1n) is 18.9. The Hall–Kier alpha value is -7.37. The van der Waals surface area contributed by atoms with Gasteiger partial charge in [-0.25, -0.2) is 19.9 Å². The van der Waals surface area contributed by atoms with E-state index in [1.807, 2.05) is 66.9 Å². The van der Waals surface area contributed by atoms with E-state index in [2.05, 4.69) is 131 Å². The molecule has 0 bridgehead atoms. The van der Waals surface area contributed by atoms with Crippen molar-refractivity contribution in [1.29, 1.82) is 0 Å². The minimum atomic E-state index is 0.611. The Balaban J connectivity index is 1.15. The first kappa shape index (κ1) is 33.2.